The maximum atomic E-state index is 11.7. The van der Waals surface area contributed by atoms with Gasteiger partial charge in [-0.15, -0.1) is 11.3 Å². The van der Waals surface area contributed by atoms with E-state index < -0.39 is 5.97 Å². The van der Waals surface area contributed by atoms with Crippen LogP contribution in [0.25, 0.3) is 0 Å². The van der Waals surface area contributed by atoms with Gasteiger partial charge in [-0.1, -0.05) is 0 Å². The number of methoxy groups -OCH3 is 2. The number of carbonyl (C=O) groups is 1. The minimum absolute atomic E-state index is 0.320. The summed E-state index contributed by atoms with van der Waals surface area (Å²) in [4.78, 5) is 14.3. The zero-order valence-electron chi connectivity index (χ0n) is 11.9. The molecule has 0 saturated carbocycles. The number of nitrogen functional groups attached to an aromatic ring is 1. The third-order valence-corrected chi connectivity index (χ3v) is 4.31. The van der Waals surface area contributed by atoms with Gasteiger partial charge in [-0.3, -0.25) is 0 Å². The van der Waals surface area contributed by atoms with E-state index in [1.54, 1.807) is 0 Å². The molecule has 2 heterocycles. The van der Waals surface area contributed by atoms with Crippen molar-refractivity contribution in [3.05, 3.63) is 4.88 Å². The van der Waals surface area contributed by atoms with E-state index in [0.717, 1.165) is 31.2 Å². The number of nitrogens with one attached hydrogen (secondary N) is 1. The smallest absolute Gasteiger partial charge is 0.350 e. The Bertz CT molecular complexity index is 483. The summed E-state index contributed by atoms with van der Waals surface area (Å²) in [6.45, 7) is 3.76. The Balaban J connectivity index is 2.16. The van der Waals surface area contributed by atoms with Gasteiger partial charge in [0.25, 0.3) is 0 Å². The quantitative estimate of drug-likeness (QED) is 0.792. The molecule has 0 unspecified atom stereocenters. The van der Waals surface area contributed by atoms with E-state index in [9.17, 15) is 4.79 Å². The Morgan fingerprint density at radius 3 is 2.50 bits per heavy atom. The molecule has 0 radical (unpaired) electrons. The lowest BCUT2D eigenvalue weighted by atomic mass is 10.3. The summed E-state index contributed by atoms with van der Waals surface area (Å²) in [6.07, 6.45) is 0. The topological polar surface area (TPSA) is 80.1 Å². The van der Waals surface area contributed by atoms with Crippen LogP contribution in [0.5, 0.6) is 5.75 Å². The molecular formula is C12H20N4O3S. The molecule has 0 atom stereocenters. The van der Waals surface area contributed by atoms with Crippen molar-refractivity contribution in [2.24, 2.45) is 0 Å². The molecule has 8 heteroatoms. The fraction of sp³-hybridized carbons (Fsp3) is 0.583. The summed E-state index contributed by atoms with van der Waals surface area (Å²) >= 11 is 1.25. The molecule has 112 valence electrons. The second-order valence-electron chi connectivity index (χ2n) is 4.60. The minimum Gasteiger partial charge on any atom is -0.491 e. The number of likely N-dealkylation sites (N-methyl/N-ethyl adjacent to an activating group) is 1. The van der Waals surface area contributed by atoms with Crippen LogP contribution in [0.15, 0.2) is 0 Å². The molecule has 0 spiro atoms. The third-order valence-electron chi connectivity index (χ3n) is 3.24. The first kappa shape index (κ1) is 14.9. The number of carbonyl (C=O) groups excluding carboxylic acids is 1. The van der Waals surface area contributed by atoms with Crippen LogP contribution in [0.2, 0.25) is 0 Å². The molecular weight excluding hydrogens is 280 g/mol. The normalized spacial score (nSPS) is 16.9. The standard InChI is InChI=1S/C12H20N4O3S/c1-15-4-6-16(7-5-15)14-11-9(18-2)8(13)10(20-11)12(17)19-3/h14H,4-7,13H2,1-3H3. The molecule has 1 aromatic heterocycles. The highest BCUT2D eigenvalue weighted by Crippen LogP contribution is 2.42. The largest absolute Gasteiger partial charge is 0.491 e. The number of esters is 1. The number of hydrogen-bond acceptors (Lipinski definition) is 8. The predicted octanol–water partition coefficient (Wildman–Crippen LogP) is 0.700. The van der Waals surface area contributed by atoms with Crippen molar-refractivity contribution in [1.82, 2.24) is 9.91 Å². The van der Waals surface area contributed by atoms with Gasteiger partial charge >= 0.3 is 5.97 Å². The second-order valence-corrected chi connectivity index (χ2v) is 5.62. The lowest BCUT2D eigenvalue weighted by Crippen LogP contribution is -2.46. The van der Waals surface area contributed by atoms with E-state index in [-0.39, 0.29) is 0 Å². The lowest BCUT2D eigenvalue weighted by molar-refractivity contribution is 0.0607. The van der Waals surface area contributed by atoms with Crippen LogP contribution in [0.1, 0.15) is 9.67 Å². The Hall–Kier alpha value is -1.51. The summed E-state index contributed by atoms with van der Waals surface area (Å²) in [6, 6.07) is 0. The average molecular weight is 300 g/mol. The predicted molar refractivity (Wildman–Crippen MR) is 79.3 cm³/mol. The van der Waals surface area contributed by atoms with Crippen LogP contribution in [0.4, 0.5) is 10.7 Å². The van der Waals surface area contributed by atoms with E-state index in [2.05, 4.69) is 22.4 Å². The molecule has 3 N–H and O–H groups in total. The Morgan fingerprint density at radius 1 is 1.30 bits per heavy atom. The molecule has 0 amide bonds. The minimum atomic E-state index is -0.447. The fourth-order valence-electron chi connectivity index (χ4n) is 2.01. The van der Waals surface area contributed by atoms with Gasteiger partial charge in [0.1, 0.15) is 15.6 Å². The van der Waals surface area contributed by atoms with Gasteiger partial charge in [0.15, 0.2) is 5.75 Å². The van der Waals surface area contributed by atoms with Gasteiger partial charge in [0, 0.05) is 26.2 Å². The molecule has 2 rings (SSSR count). The van der Waals surface area contributed by atoms with E-state index in [4.69, 9.17) is 15.2 Å². The van der Waals surface area contributed by atoms with Gasteiger partial charge < -0.3 is 25.5 Å². The summed E-state index contributed by atoms with van der Waals surface area (Å²) in [5.41, 5.74) is 9.53. The molecule has 1 aromatic rings. The average Bonchev–Trinajstić information content (AvgIpc) is 2.76. The van der Waals surface area contributed by atoms with Gasteiger partial charge in [-0.2, -0.15) is 0 Å². The third kappa shape index (κ3) is 2.97. The van der Waals surface area contributed by atoms with Crippen molar-refractivity contribution < 1.29 is 14.3 Å². The summed E-state index contributed by atoms with van der Waals surface area (Å²) in [5, 5.41) is 2.82. The van der Waals surface area contributed by atoms with Crippen LogP contribution in [0, 0.1) is 0 Å². The Morgan fingerprint density at radius 2 is 1.95 bits per heavy atom. The molecule has 20 heavy (non-hydrogen) atoms. The van der Waals surface area contributed by atoms with Crippen molar-refractivity contribution in [1.29, 1.82) is 0 Å². The van der Waals surface area contributed by atoms with Gasteiger partial charge in [-0.25, -0.2) is 9.80 Å². The monoisotopic (exact) mass is 300 g/mol. The van der Waals surface area contributed by atoms with E-state index in [0.29, 0.717) is 16.3 Å². The van der Waals surface area contributed by atoms with Crippen LogP contribution in [-0.2, 0) is 4.74 Å². The maximum absolute atomic E-state index is 11.7. The van der Waals surface area contributed by atoms with Crippen molar-refractivity contribution >= 4 is 28.0 Å². The van der Waals surface area contributed by atoms with Crippen molar-refractivity contribution in [3.63, 3.8) is 0 Å². The van der Waals surface area contributed by atoms with Crippen LogP contribution >= 0.6 is 11.3 Å². The first-order valence-corrected chi connectivity index (χ1v) is 7.13. The molecule has 0 bridgehead atoms. The highest BCUT2D eigenvalue weighted by molar-refractivity contribution is 7.19. The number of piperazine rings is 1. The van der Waals surface area contributed by atoms with Gasteiger partial charge in [-0.05, 0) is 7.05 Å². The van der Waals surface area contributed by atoms with Crippen molar-refractivity contribution in [2.75, 3.05) is 58.6 Å². The van der Waals surface area contributed by atoms with E-state index in [1.165, 1.54) is 25.6 Å². The zero-order valence-corrected chi connectivity index (χ0v) is 12.7. The first-order valence-electron chi connectivity index (χ1n) is 6.31. The molecule has 1 fully saturated rings. The molecule has 7 nitrogen and oxygen atoms in total. The lowest BCUT2D eigenvalue weighted by Gasteiger charge is -2.32. The maximum Gasteiger partial charge on any atom is 0.350 e. The fourth-order valence-corrected chi connectivity index (χ4v) is 3.05. The van der Waals surface area contributed by atoms with Crippen molar-refractivity contribution in [3.8, 4) is 5.75 Å². The molecule has 1 aliphatic rings. The second kappa shape index (κ2) is 6.29. The van der Waals surface area contributed by atoms with Crippen LogP contribution in [0.3, 0.4) is 0 Å². The first-order chi connectivity index (χ1) is 9.56. The van der Waals surface area contributed by atoms with E-state index in [1.807, 2.05) is 0 Å². The zero-order chi connectivity index (χ0) is 14.7. The van der Waals surface area contributed by atoms with Crippen molar-refractivity contribution in [2.45, 2.75) is 0 Å². The highest BCUT2D eigenvalue weighted by Gasteiger charge is 2.24. The SMILES string of the molecule is COC(=O)c1sc(NN2CCN(C)CC2)c(OC)c1N. The van der Waals surface area contributed by atoms with Crippen LogP contribution < -0.4 is 15.9 Å². The number of ether oxygens (including phenoxy) is 2. The molecule has 0 aliphatic carbocycles. The number of anilines is 2. The van der Waals surface area contributed by atoms with Gasteiger partial charge in [0.2, 0.25) is 0 Å². The number of rotatable bonds is 4. The summed E-state index contributed by atoms with van der Waals surface area (Å²) < 4.78 is 10.0. The van der Waals surface area contributed by atoms with E-state index >= 15 is 0 Å². The molecule has 1 aliphatic heterocycles. The number of nitrogens with zero attached hydrogens (tertiary/aromatic N) is 2. The van der Waals surface area contributed by atoms with Crippen LogP contribution in [-0.4, -0.2) is 63.3 Å². The number of hydrogen-bond donors (Lipinski definition) is 2. The van der Waals surface area contributed by atoms with Gasteiger partial charge in [0.05, 0.1) is 14.2 Å². The highest BCUT2D eigenvalue weighted by atomic mass is 32.1. The molecule has 0 aromatic carbocycles. The number of hydrazine groups is 1. The summed E-state index contributed by atoms with van der Waals surface area (Å²) in [5.74, 6) is 0.0477. The Kier molecular flexibility index (Phi) is 4.69. The number of nitrogens with two attached hydrogens (primary N) is 1. The Labute approximate surface area is 122 Å². The molecule has 1 saturated heterocycles. The summed E-state index contributed by atoms with van der Waals surface area (Å²) in [7, 11) is 4.96. The number of thiophene rings is 1.